The molecule has 0 aromatic carbocycles. The summed E-state index contributed by atoms with van der Waals surface area (Å²) >= 11 is 0. The van der Waals surface area contributed by atoms with Crippen LogP contribution in [-0.4, -0.2) is 47.8 Å². The quantitative estimate of drug-likeness (QED) is 0.104. The van der Waals surface area contributed by atoms with Crippen LogP contribution in [0.4, 0.5) is 39.5 Å². The summed E-state index contributed by atoms with van der Waals surface area (Å²) in [4.78, 5) is 12.6. The van der Waals surface area contributed by atoms with Crippen molar-refractivity contribution in [3.63, 3.8) is 0 Å². The number of hydrogen-bond donors (Lipinski definition) is 0. The second-order valence-electron chi connectivity index (χ2n) is 9.46. The molecule has 2 nitrogen and oxygen atoms in total. The van der Waals surface area contributed by atoms with E-state index in [9.17, 15) is 44.3 Å². The molecular formula is C25H42F9NO. The van der Waals surface area contributed by atoms with Crippen molar-refractivity contribution in [3.05, 3.63) is 0 Å². The van der Waals surface area contributed by atoms with Crippen molar-refractivity contribution < 1.29 is 44.3 Å². The summed E-state index contributed by atoms with van der Waals surface area (Å²) in [6.07, 6.45) is 5.77. The number of alkyl halides is 9. The Hall–Kier alpha value is -1.16. The third-order valence-corrected chi connectivity index (χ3v) is 6.26. The van der Waals surface area contributed by atoms with Gasteiger partial charge in [-0.25, -0.2) is 0 Å². The zero-order chi connectivity index (χ0) is 27.9. The Morgan fingerprint density at radius 1 is 0.500 bits per heavy atom. The van der Waals surface area contributed by atoms with E-state index in [1.54, 1.807) is 0 Å². The van der Waals surface area contributed by atoms with Gasteiger partial charge in [-0.1, -0.05) is 104 Å². The summed E-state index contributed by atoms with van der Waals surface area (Å²) in [5.74, 6) is -22.9. The fourth-order valence-electron chi connectivity index (χ4n) is 3.90. The van der Waals surface area contributed by atoms with Crippen molar-refractivity contribution in [2.45, 2.75) is 141 Å². The van der Waals surface area contributed by atoms with Gasteiger partial charge in [0.25, 0.3) is 5.91 Å². The fraction of sp³-hybridized carbons (Fsp3) is 0.960. The lowest BCUT2D eigenvalue weighted by atomic mass is 10.0. The number of halogens is 9. The molecule has 1 amide bonds. The molecule has 11 heteroatoms. The van der Waals surface area contributed by atoms with Gasteiger partial charge in [0.15, 0.2) is 0 Å². The average molecular weight is 544 g/mol. The van der Waals surface area contributed by atoms with Gasteiger partial charge in [0.05, 0.1) is 0 Å². The highest BCUT2D eigenvalue weighted by atomic mass is 19.4. The van der Waals surface area contributed by atoms with Gasteiger partial charge in [-0.2, -0.15) is 39.5 Å². The molecule has 0 spiro atoms. The molecule has 0 aromatic heterocycles. The molecule has 0 radical (unpaired) electrons. The van der Waals surface area contributed by atoms with E-state index in [1.807, 2.05) is 0 Å². The van der Waals surface area contributed by atoms with Crippen LogP contribution in [0.5, 0.6) is 0 Å². The van der Waals surface area contributed by atoms with Crippen LogP contribution in [0.25, 0.3) is 0 Å². The lowest BCUT2D eigenvalue weighted by Gasteiger charge is -2.35. The van der Waals surface area contributed by atoms with E-state index in [2.05, 4.69) is 13.8 Å². The Labute approximate surface area is 209 Å². The van der Waals surface area contributed by atoms with Crippen molar-refractivity contribution in [2.75, 3.05) is 13.1 Å². The van der Waals surface area contributed by atoms with E-state index in [4.69, 9.17) is 0 Å². The SMILES string of the molecule is CCCCCCCCCCN(CCCCCCCCCC)C(=O)C(F)(F)C(F)(F)C(F)(F)C(F)(F)F. The first-order chi connectivity index (χ1) is 16.7. The molecule has 0 fully saturated rings. The molecule has 0 saturated heterocycles. The second kappa shape index (κ2) is 16.6. The van der Waals surface area contributed by atoms with Gasteiger partial charge in [-0.15, -0.1) is 0 Å². The number of amides is 1. The number of unbranched alkanes of at least 4 members (excludes halogenated alkanes) is 14. The van der Waals surface area contributed by atoms with E-state index in [-0.39, 0.29) is 12.8 Å². The van der Waals surface area contributed by atoms with Crippen molar-refractivity contribution in [1.29, 1.82) is 0 Å². The molecule has 36 heavy (non-hydrogen) atoms. The standard InChI is InChI=1S/C25H42F9NO/c1-3-5-7-9-11-13-15-17-19-35(20-18-16-14-12-10-8-6-4-2)21(36)22(26,27)23(28,29)24(30,31)25(32,33)34/h3-20H2,1-2H3. The summed E-state index contributed by atoms with van der Waals surface area (Å²) in [5.41, 5.74) is 0. The minimum atomic E-state index is -7.07. The highest BCUT2D eigenvalue weighted by Crippen LogP contribution is 2.53. The maximum atomic E-state index is 14.2. The van der Waals surface area contributed by atoms with Gasteiger partial charge < -0.3 is 4.90 Å². The summed E-state index contributed by atoms with van der Waals surface area (Å²) in [6.45, 7) is 3.30. The normalized spacial score (nSPS) is 13.3. The first kappa shape index (κ1) is 34.8. The molecular weight excluding hydrogens is 501 g/mol. The number of carbonyl (C=O) groups excluding carboxylic acids is 1. The summed E-state index contributed by atoms with van der Waals surface area (Å²) in [7, 11) is 0. The number of carbonyl (C=O) groups is 1. The second-order valence-corrected chi connectivity index (χ2v) is 9.46. The van der Waals surface area contributed by atoms with Gasteiger partial charge in [0.2, 0.25) is 0 Å². The Morgan fingerprint density at radius 3 is 1.11 bits per heavy atom. The van der Waals surface area contributed by atoms with Crippen LogP contribution in [-0.2, 0) is 4.79 Å². The fourth-order valence-corrected chi connectivity index (χ4v) is 3.90. The molecule has 0 aromatic rings. The highest BCUT2D eigenvalue weighted by Gasteiger charge is 2.84. The van der Waals surface area contributed by atoms with E-state index >= 15 is 0 Å². The van der Waals surface area contributed by atoms with Crippen LogP contribution < -0.4 is 0 Å². The van der Waals surface area contributed by atoms with Crippen LogP contribution in [0, 0.1) is 0 Å². The molecule has 0 bridgehead atoms. The molecule has 0 aliphatic heterocycles. The van der Waals surface area contributed by atoms with Crippen molar-refractivity contribution in [3.8, 4) is 0 Å². The van der Waals surface area contributed by atoms with E-state index < -0.39 is 42.9 Å². The summed E-state index contributed by atoms with van der Waals surface area (Å²) in [6, 6.07) is 0. The van der Waals surface area contributed by atoms with Crippen LogP contribution in [0.1, 0.15) is 117 Å². The molecule has 0 aliphatic rings. The van der Waals surface area contributed by atoms with Crippen molar-refractivity contribution >= 4 is 5.91 Å². The molecule has 0 atom stereocenters. The molecule has 0 unspecified atom stereocenters. The molecule has 0 rings (SSSR count). The van der Waals surface area contributed by atoms with Gasteiger partial charge in [-0.3, -0.25) is 4.79 Å². The van der Waals surface area contributed by atoms with E-state index in [0.29, 0.717) is 30.6 Å². The monoisotopic (exact) mass is 543 g/mol. The molecule has 0 saturated carbocycles. The van der Waals surface area contributed by atoms with Crippen LogP contribution in [0.2, 0.25) is 0 Å². The van der Waals surface area contributed by atoms with E-state index in [0.717, 1.165) is 64.2 Å². The average Bonchev–Trinajstić information content (AvgIpc) is 2.79. The predicted octanol–water partition coefficient (Wildman–Crippen LogP) is 9.56. The smallest absolute Gasteiger partial charge is 0.337 e. The van der Waals surface area contributed by atoms with Crippen molar-refractivity contribution in [2.24, 2.45) is 0 Å². The van der Waals surface area contributed by atoms with Gasteiger partial charge in [0.1, 0.15) is 0 Å². The van der Waals surface area contributed by atoms with Crippen LogP contribution >= 0.6 is 0 Å². The third kappa shape index (κ3) is 10.7. The van der Waals surface area contributed by atoms with Crippen molar-refractivity contribution in [1.82, 2.24) is 4.90 Å². The van der Waals surface area contributed by atoms with Crippen LogP contribution in [0.3, 0.4) is 0 Å². The summed E-state index contributed by atoms with van der Waals surface area (Å²) in [5, 5.41) is 0. The first-order valence-electron chi connectivity index (χ1n) is 13.2. The maximum Gasteiger partial charge on any atom is 0.460 e. The molecule has 0 N–H and O–H groups in total. The van der Waals surface area contributed by atoms with Gasteiger partial charge in [-0.05, 0) is 12.8 Å². The Kier molecular flexibility index (Phi) is 16.1. The predicted molar refractivity (Wildman–Crippen MR) is 123 cm³/mol. The molecule has 0 aliphatic carbocycles. The van der Waals surface area contributed by atoms with Gasteiger partial charge in [0, 0.05) is 13.1 Å². The lowest BCUT2D eigenvalue weighted by molar-refractivity contribution is -0.389. The molecule has 216 valence electrons. The largest absolute Gasteiger partial charge is 0.460 e. The zero-order valence-corrected chi connectivity index (χ0v) is 21.5. The number of rotatable bonds is 21. The Morgan fingerprint density at radius 2 is 0.806 bits per heavy atom. The number of hydrogen-bond acceptors (Lipinski definition) is 1. The Bertz CT molecular complexity index is 575. The van der Waals surface area contributed by atoms with E-state index in [1.165, 1.54) is 0 Å². The summed E-state index contributed by atoms with van der Waals surface area (Å²) < 4.78 is 120. The minimum Gasteiger partial charge on any atom is -0.337 e. The van der Waals surface area contributed by atoms with Crippen LogP contribution in [0.15, 0.2) is 0 Å². The Balaban J connectivity index is 5.15. The highest BCUT2D eigenvalue weighted by molar-refractivity contribution is 5.85. The topological polar surface area (TPSA) is 20.3 Å². The molecule has 0 heterocycles. The first-order valence-corrected chi connectivity index (χ1v) is 13.2. The lowest BCUT2D eigenvalue weighted by Crippen LogP contribution is -2.65. The van der Waals surface area contributed by atoms with Gasteiger partial charge >= 0.3 is 23.9 Å². The maximum absolute atomic E-state index is 14.2. The number of nitrogens with zero attached hydrogens (tertiary/aromatic N) is 1. The third-order valence-electron chi connectivity index (χ3n) is 6.26. The zero-order valence-electron chi connectivity index (χ0n) is 21.5. The minimum absolute atomic E-state index is 0.161.